The van der Waals surface area contributed by atoms with E-state index < -0.39 is 17.9 Å². The predicted molar refractivity (Wildman–Crippen MR) is 110 cm³/mol. The number of carbonyl (C=O) groups is 3. The number of aromatic carboxylic acids is 3. The molecule has 0 amide bonds. The molecule has 10 nitrogen and oxygen atoms in total. The quantitative estimate of drug-likeness (QED) is 0.356. The van der Waals surface area contributed by atoms with E-state index in [0.29, 0.717) is 0 Å². The van der Waals surface area contributed by atoms with E-state index in [1.165, 1.54) is 36.8 Å². The van der Waals surface area contributed by atoms with Gasteiger partial charge in [0.2, 0.25) is 0 Å². The third kappa shape index (κ3) is 13.8. The molecule has 0 N–H and O–H groups in total. The Bertz CT molecular complexity index is 945. The first-order valence-electron chi connectivity index (χ1n) is 9.14. The topological polar surface area (TPSA) is 172 Å². The largest absolute Gasteiger partial charge is 3.00 e. The van der Waals surface area contributed by atoms with E-state index in [4.69, 9.17) is 0 Å². The summed E-state index contributed by atoms with van der Waals surface area (Å²) >= 11 is 0. The van der Waals surface area contributed by atoms with Crippen molar-refractivity contribution in [2.45, 2.75) is 0 Å². The molecule has 0 atom stereocenters. The number of carbonyl (C=O) groups excluding carboxylic acids is 3. The van der Waals surface area contributed by atoms with Crippen LogP contribution in [0.4, 0.5) is 0 Å². The molecule has 0 aliphatic rings. The van der Waals surface area contributed by atoms with Crippen LogP contribution in [0.25, 0.3) is 0 Å². The van der Waals surface area contributed by atoms with Gasteiger partial charge in [0, 0.05) is 31.0 Å². The molecule has 11 heteroatoms. The Kier molecular flexibility index (Phi) is 15.8. The van der Waals surface area contributed by atoms with E-state index >= 15 is 0 Å². The molecule has 0 bridgehead atoms. The molecule has 0 unspecified atom stereocenters. The monoisotopic (exact) mass is 497 g/mol. The zero-order valence-electron chi connectivity index (χ0n) is 17.5. The molecule has 1 radical (unpaired) electrons. The summed E-state index contributed by atoms with van der Waals surface area (Å²) in [4.78, 5) is 44.4. The van der Waals surface area contributed by atoms with Crippen molar-refractivity contribution < 1.29 is 47.1 Å². The van der Waals surface area contributed by atoms with Gasteiger partial charge in [-0.2, -0.15) is 0 Å². The molecule has 34 heavy (non-hydrogen) atoms. The van der Waals surface area contributed by atoms with Crippen molar-refractivity contribution in [3.05, 3.63) is 121 Å². The van der Waals surface area contributed by atoms with Gasteiger partial charge in [-0.15, -0.1) is 0 Å². The van der Waals surface area contributed by atoms with Crippen LogP contribution in [0.3, 0.4) is 0 Å². The molecule has 0 aliphatic heterocycles. The van der Waals surface area contributed by atoms with Crippen molar-refractivity contribution in [1.82, 2.24) is 19.9 Å². The first kappa shape index (κ1) is 29.5. The summed E-state index contributed by atoms with van der Waals surface area (Å²) in [7, 11) is 0. The Morgan fingerprint density at radius 3 is 0.882 bits per heavy atom. The minimum Gasteiger partial charge on any atom is -0.543 e. The fraction of sp³-hybridized carbons (Fsp3) is 0. The van der Waals surface area contributed by atoms with E-state index in [1.807, 2.05) is 18.2 Å². The van der Waals surface area contributed by atoms with E-state index in [2.05, 4.69) is 19.9 Å². The first-order valence-corrected chi connectivity index (χ1v) is 9.14. The van der Waals surface area contributed by atoms with Gasteiger partial charge in [-0.3, -0.25) is 19.9 Å². The second kappa shape index (κ2) is 18.1. The molecule has 4 heterocycles. The summed E-state index contributed by atoms with van der Waals surface area (Å²) in [6, 6.07) is 19.6. The van der Waals surface area contributed by atoms with Crippen molar-refractivity contribution >= 4 is 17.9 Å². The molecule has 4 aromatic heterocycles. The predicted octanol–water partition coefficient (Wildman–Crippen LogP) is -0.586. The first-order chi connectivity index (χ1) is 15.9. The van der Waals surface area contributed by atoms with Gasteiger partial charge in [-0.25, -0.2) is 0 Å². The zero-order chi connectivity index (χ0) is 24.3. The van der Waals surface area contributed by atoms with Gasteiger partial charge in [0.25, 0.3) is 0 Å². The minimum absolute atomic E-state index is 0. The van der Waals surface area contributed by atoms with E-state index in [0.717, 1.165) is 0 Å². The Hall–Kier alpha value is -4.46. The van der Waals surface area contributed by atoms with Crippen LogP contribution in [-0.2, 0) is 17.4 Å². The molecular weight excluding hydrogens is 480 g/mol. The van der Waals surface area contributed by atoms with E-state index in [9.17, 15) is 29.7 Å². The molecule has 4 aromatic rings. The van der Waals surface area contributed by atoms with Crippen LogP contribution in [0.15, 0.2) is 104 Å². The number of carboxylic acid groups (broad SMARTS) is 3. The number of rotatable bonds is 3. The molecule has 0 aliphatic carbocycles. The SMILES string of the molecule is O=C([O-])c1ccccn1.O=C([O-])c1ccccn1.O=C([O-])c1ccccn1.[Cr+3].c1ccncc1. The third-order valence-corrected chi connectivity index (χ3v) is 3.19. The van der Waals surface area contributed by atoms with Crippen LogP contribution in [0.1, 0.15) is 31.5 Å². The number of hydrogen-bond donors (Lipinski definition) is 0. The van der Waals surface area contributed by atoms with Crippen LogP contribution in [-0.4, -0.2) is 37.8 Å². The fourth-order valence-electron chi connectivity index (χ4n) is 1.76. The molecule has 0 fully saturated rings. The fourth-order valence-corrected chi connectivity index (χ4v) is 1.76. The molecule has 171 valence electrons. The maximum Gasteiger partial charge on any atom is 3.00 e. The van der Waals surface area contributed by atoms with E-state index in [1.54, 1.807) is 48.8 Å². The second-order valence-electron chi connectivity index (χ2n) is 5.53. The van der Waals surface area contributed by atoms with Gasteiger partial charge in [0.1, 0.15) is 0 Å². The van der Waals surface area contributed by atoms with E-state index in [-0.39, 0.29) is 34.4 Å². The maximum atomic E-state index is 10.0. The summed E-state index contributed by atoms with van der Waals surface area (Å²) in [5.41, 5.74) is -0.0903. The second-order valence-corrected chi connectivity index (χ2v) is 5.53. The average Bonchev–Trinajstić information content (AvgIpc) is 2.88. The third-order valence-electron chi connectivity index (χ3n) is 3.19. The Morgan fingerprint density at radius 2 is 0.765 bits per heavy atom. The molecule has 0 saturated heterocycles. The summed E-state index contributed by atoms with van der Waals surface area (Å²) < 4.78 is 0. The number of aromatic nitrogens is 4. The summed E-state index contributed by atoms with van der Waals surface area (Å²) in [5.74, 6) is -3.72. The molecule has 0 saturated carbocycles. The molecular formula is C23H17CrN4O6. The van der Waals surface area contributed by atoms with Crippen LogP contribution in [0, 0.1) is 0 Å². The molecule has 0 spiro atoms. The van der Waals surface area contributed by atoms with Crippen LogP contribution in [0.5, 0.6) is 0 Å². The Balaban J connectivity index is 0.000000427. The van der Waals surface area contributed by atoms with Crippen molar-refractivity contribution in [1.29, 1.82) is 0 Å². The summed E-state index contributed by atoms with van der Waals surface area (Å²) in [6.07, 6.45) is 7.72. The number of carboxylic acids is 3. The number of nitrogens with zero attached hydrogens (tertiary/aromatic N) is 4. The van der Waals surface area contributed by atoms with Crippen molar-refractivity contribution in [2.24, 2.45) is 0 Å². The Labute approximate surface area is 205 Å². The van der Waals surface area contributed by atoms with Crippen molar-refractivity contribution in [3.8, 4) is 0 Å². The van der Waals surface area contributed by atoms with Crippen LogP contribution in [0.2, 0.25) is 0 Å². The van der Waals surface area contributed by atoms with Gasteiger partial charge < -0.3 is 29.7 Å². The smallest absolute Gasteiger partial charge is 0.543 e. The molecule has 0 aromatic carbocycles. The van der Waals surface area contributed by atoms with Gasteiger partial charge in [-0.1, -0.05) is 24.3 Å². The van der Waals surface area contributed by atoms with Gasteiger partial charge in [-0.05, 0) is 48.5 Å². The van der Waals surface area contributed by atoms with Crippen LogP contribution < -0.4 is 15.3 Å². The Morgan fingerprint density at radius 1 is 0.471 bits per heavy atom. The zero-order valence-corrected chi connectivity index (χ0v) is 18.7. The minimum atomic E-state index is -1.24. The number of hydrogen-bond acceptors (Lipinski definition) is 10. The van der Waals surface area contributed by atoms with Gasteiger partial charge in [0.05, 0.1) is 35.0 Å². The van der Waals surface area contributed by atoms with Gasteiger partial charge >= 0.3 is 17.4 Å². The van der Waals surface area contributed by atoms with Crippen molar-refractivity contribution in [3.63, 3.8) is 0 Å². The summed E-state index contributed by atoms with van der Waals surface area (Å²) in [5, 5.41) is 30.1. The molecule has 4 rings (SSSR count). The van der Waals surface area contributed by atoms with Crippen LogP contribution >= 0.6 is 0 Å². The maximum absolute atomic E-state index is 10.0. The van der Waals surface area contributed by atoms with Gasteiger partial charge in [0.15, 0.2) is 0 Å². The standard InChI is InChI=1S/3C6H5NO2.C5H5N.Cr/c3*8-6(9)5-3-1-2-4-7-5;1-2-4-6-5-3-1;/h3*1-4H,(H,8,9);1-5H;/q;;;;+3/p-3. The number of pyridine rings is 4. The average molecular weight is 497 g/mol. The summed E-state index contributed by atoms with van der Waals surface area (Å²) in [6.45, 7) is 0. The van der Waals surface area contributed by atoms with Crippen molar-refractivity contribution in [2.75, 3.05) is 0 Å². The normalized spacial score (nSPS) is 8.47.